The Morgan fingerprint density at radius 1 is 1.36 bits per heavy atom. The van der Waals surface area contributed by atoms with Crippen LogP contribution in [0.3, 0.4) is 0 Å². The highest BCUT2D eigenvalue weighted by molar-refractivity contribution is 7.88. The van der Waals surface area contributed by atoms with Crippen LogP contribution in [-0.4, -0.2) is 24.4 Å². The quantitative estimate of drug-likeness (QED) is 0.779. The summed E-state index contributed by atoms with van der Waals surface area (Å²) in [5, 5.41) is 0. The molecule has 6 heteroatoms. The standard InChI is InChI=1S/C8H9N3O2S/c1-9-14(12,13)11-6-10-7-4-2-3-5-8(7)11/h2-6,9H,1H3. The highest BCUT2D eigenvalue weighted by atomic mass is 32.2. The average Bonchev–Trinajstić information content (AvgIpc) is 2.61. The number of imidazole rings is 1. The van der Waals surface area contributed by atoms with Crippen molar-refractivity contribution in [2.24, 2.45) is 0 Å². The molecule has 0 saturated heterocycles. The summed E-state index contributed by atoms with van der Waals surface area (Å²) in [5.41, 5.74) is 1.23. The molecule has 0 aliphatic rings. The molecule has 0 bridgehead atoms. The molecule has 0 spiro atoms. The predicted molar refractivity (Wildman–Crippen MR) is 53.1 cm³/mol. The lowest BCUT2D eigenvalue weighted by atomic mass is 10.3. The SMILES string of the molecule is CNS(=O)(=O)n1cnc2ccccc21. The zero-order valence-corrected chi connectivity index (χ0v) is 8.32. The van der Waals surface area contributed by atoms with Crippen molar-refractivity contribution in [2.45, 2.75) is 0 Å². The van der Waals surface area contributed by atoms with Crippen molar-refractivity contribution in [3.8, 4) is 0 Å². The molecule has 2 rings (SSSR count). The van der Waals surface area contributed by atoms with Gasteiger partial charge in [-0.1, -0.05) is 12.1 Å². The Morgan fingerprint density at radius 3 is 2.79 bits per heavy atom. The lowest BCUT2D eigenvalue weighted by Gasteiger charge is -2.02. The predicted octanol–water partition coefficient (Wildman–Crippen LogP) is 0.349. The molecule has 0 saturated carbocycles. The van der Waals surface area contributed by atoms with Crippen LogP contribution in [0.4, 0.5) is 0 Å². The first-order valence-corrected chi connectivity index (χ1v) is 5.45. The van der Waals surface area contributed by atoms with Crippen LogP contribution in [0.25, 0.3) is 11.0 Å². The summed E-state index contributed by atoms with van der Waals surface area (Å²) in [6.07, 6.45) is 1.29. The molecule has 0 radical (unpaired) electrons. The fraction of sp³-hybridized carbons (Fsp3) is 0.125. The summed E-state index contributed by atoms with van der Waals surface area (Å²) < 4.78 is 26.3. The van der Waals surface area contributed by atoms with Crippen LogP contribution < -0.4 is 4.72 Å². The van der Waals surface area contributed by atoms with Crippen molar-refractivity contribution >= 4 is 21.2 Å². The van der Waals surface area contributed by atoms with E-state index in [-0.39, 0.29) is 0 Å². The molecule has 0 amide bonds. The summed E-state index contributed by atoms with van der Waals surface area (Å²) >= 11 is 0. The molecule has 1 N–H and O–H groups in total. The monoisotopic (exact) mass is 211 g/mol. The lowest BCUT2D eigenvalue weighted by Crippen LogP contribution is -2.25. The van der Waals surface area contributed by atoms with Crippen molar-refractivity contribution in [1.29, 1.82) is 0 Å². The molecular weight excluding hydrogens is 202 g/mol. The summed E-state index contributed by atoms with van der Waals surface area (Å²) in [5.74, 6) is 0. The Bertz CT molecular complexity index is 559. The summed E-state index contributed by atoms with van der Waals surface area (Å²) in [6.45, 7) is 0. The van der Waals surface area contributed by atoms with Crippen LogP contribution in [0.5, 0.6) is 0 Å². The van der Waals surface area contributed by atoms with Crippen molar-refractivity contribution in [2.75, 3.05) is 7.05 Å². The molecule has 1 aromatic carbocycles. The van der Waals surface area contributed by atoms with E-state index in [1.165, 1.54) is 13.4 Å². The second kappa shape index (κ2) is 3.07. The third kappa shape index (κ3) is 1.28. The molecule has 0 unspecified atom stereocenters. The van der Waals surface area contributed by atoms with E-state index in [0.717, 1.165) is 3.97 Å². The van der Waals surface area contributed by atoms with E-state index in [1.807, 2.05) is 6.07 Å². The Labute approximate surface area is 81.6 Å². The third-order valence-corrected chi connectivity index (χ3v) is 3.26. The highest BCUT2D eigenvalue weighted by Crippen LogP contribution is 2.12. The first-order valence-electron chi connectivity index (χ1n) is 4.01. The Balaban J connectivity index is 2.77. The number of fused-ring (bicyclic) bond motifs is 1. The minimum Gasteiger partial charge on any atom is -0.236 e. The normalized spacial score (nSPS) is 12.1. The minimum absolute atomic E-state index is 0.571. The fourth-order valence-electron chi connectivity index (χ4n) is 1.23. The molecule has 2 aromatic rings. The fourth-order valence-corrected chi connectivity index (χ4v) is 2.01. The van der Waals surface area contributed by atoms with E-state index in [4.69, 9.17) is 0 Å². The average molecular weight is 211 g/mol. The zero-order valence-electron chi connectivity index (χ0n) is 7.51. The van der Waals surface area contributed by atoms with Gasteiger partial charge in [0.05, 0.1) is 11.0 Å². The summed E-state index contributed by atoms with van der Waals surface area (Å²) in [7, 11) is -2.11. The maximum absolute atomic E-state index is 11.5. The van der Waals surface area contributed by atoms with Crippen LogP contribution in [0, 0.1) is 0 Å². The Kier molecular flexibility index (Phi) is 2.01. The van der Waals surface area contributed by atoms with Gasteiger partial charge >= 0.3 is 10.2 Å². The molecule has 1 heterocycles. The molecule has 0 atom stereocenters. The smallest absolute Gasteiger partial charge is 0.236 e. The number of nitrogens with one attached hydrogen (secondary N) is 1. The van der Waals surface area contributed by atoms with Crippen molar-refractivity contribution < 1.29 is 8.42 Å². The second-order valence-corrected chi connectivity index (χ2v) is 4.49. The first kappa shape index (κ1) is 9.17. The van der Waals surface area contributed by atoms with Crippen LogP contribution in [0.1, 0.15) is 0 Å². The van der Waals surface area contributed by atoms with Crippen molar-refractivity contribution in [3.05, 3.63) is 30.6 Å². The topological polar surface area (TPSA) is 64.0 Å². The third-order valence-electron chi connectivity index (χ3n) is 1.94. The van der Waals surface area contributed by atoms with E-state index in [1.54, 1.807) is 18.2 Å². The molecule has 0 aliphatic carbocycles. The van der Waals surface area contributed by atoms with Gasteiger partial charge < -0.3 is 0 Å². The summed E-state index contributed by atoms with van der Waals surface area (Å²) in [6, 6.07) is 7.05. The van der Waals surface area contributed by atoms with Gasteiger partial charge in [-0.15, -0.1) is 0 Å². The highest BCUT2D eigenvalue weighted by Gasteiger charge is 2.12. The maximum atomic E-state index is 11.5. The van der Waals surface area contributed by atoms with Crippen molar-refractivity contribution in [3.63, 3.8) is 0 Å². The van der Waals surface area contributed by atoms with E-state index in [9.17, 15) is 8.42 Å². The number of hydrogen-bond acceptors (Lipinski definition) is 3. The number of nitrogens with zero attached hydrogens (tertiary/aromatic N) is 2. The molecular formula is C8H9N3O2S. The van der Waals surface area contributed by atoms with Gasteiger partial charge in [0.1, 0.15) is 6.33 Å². The van der Waals surface area contributed by atoms with Crippen LogP contribution in [0.15, 0.2) is 30.6 Å². The number of aromatic nitrogens is 2. The Morgan fingerprint density at radius 2 is 2.07 bits per heavy atom. The number of benzene rings is 1. The number of para-hydroxylation sites is 2. The summed E-state index contributed by atoms with van der Waals surface area (Å²) in [4.78, 5) is 3.98. The van der Waals surface area contributed by atoms with Crippen LogP contribution in [-0.2, 0) is 10.2 Å². The molecule has 5 nitrogen and oxygen atoms in total. The van der Waals surface area contributed by atoms with E-state index in [2.05, 4.69) is 9.71 Å². The van der Waals surface area contributed by atoms with E-state index in [0.29, 0.717) is 11.0 Å². The van der Waals surface area contributed by atoms with Crippen molar-refractivity contribution in [1.82, 2.24) is 13.7 Å². The molecule has 1 aromatic heterocycles. The van der Waals surface area contributed by atoms with Gasteiger partial charge in [-0.25, -0.2) is 13.7 Å². The molecule has 74 valence electrons. The lowest BCUT2D eigenvalue weighted by molar-refractivity contribution is 0.580. The number of rotatable bonds is 2. The van der Waals surface area contributed by atoms with Gasteiger partial charge in [0.25, 0.3) is 0 Å². The number of hydrogen-bond donors (Lipinski definition) is 1. The Hall–Kier alpha value is -1.40. The second-order valence-electron chi connectivity index (χ2n) is 2.74. The van der Waals surface area contributed by atoms with Gasteiger partial charge in [-0.3, -0.25) is 0 Å². The maximum Gasteiger partial charge on any atom is 0.306 e. The van der Waals surface area contributed by atoms with Gasteiger partial charge in [-0.2, -0.15) is 8.42 Å². The van der Waals surface area contributed by atoms with Gasteiger partial charge in [0, 0.05) is 7.05 Å². The van der Waals surface area contributed by atoms with Gasteiger partial charge in [0.2, 0.25) is 0 Å². The zero-order chi connectivity index (χ0) is 10.2. The molecule has 14 heavy (non-hydrogen) atoms. The van der Waals surface area contributed by atoms with Crippen LogP contribution in [0.2, 0.25) is 0 Å². The van der Waals surface area contributed by atoms with E-state index >= 15 is 0 Å². The largest absolute Gasteiger partial charge is 0.306 e. The van der Waals surface area contributed by atoms with Gasteiger partial charge in [-0.05, 0) is 12.1 Å². The van der Waals surface area contributed by atoms with Gasteiger partial charge in [0.15, 0.2) is 0 Å². The van der Waals surface area contributed by atoms with Crippen LogP contribution >= 0.6 is 0 Å². The van der Waals surface area contributed by atoms with E-state index < -0.39 is 10.2 Å². The molecule has 0 fully saturated rings. The first-order chi connectivity index (χ1) is 6.65. The minimum atomic E-state index is -3.48. The molecule has 0 aliphatic heterocycles.